The van der Waals surface area contributed by atoms with Gasteiger partial charge in [0.1, 0.15) is 12.4 Å². The Kier molecular flexibility index (Phi) is 5.10. The average Bonchev–Trinajstić information content (AvgIpc) is 2.53. The molecule has 2 aromatic rings. The van der Waals surface area contributed by atoms with Crippen LogP contribution in [0.4, 0.5) is 5.69 Å². The van der Waals surface area contributed by atoms with E-state index in [-0.39, 0.29) is 5.91 Å². The van der Waals surface area contributed by atoms with E-state index in [9.17, 15) is 4.79 Å². The van der Waals surface area contributed by atoms with Crippen molar-refractivity contribution < 1.29 is 9.53 Å². The van der Waals surface area contributed by atoms with Gasteiger partial charge in [0.15, 0.2) is 0 Å². The van der Waals surface area contributed by atoms with Gasteiger partial charge in [-0.25, -0.2) is 0 Å². The van der Waals surface area contributed by atoms with Gasteiger partial charge in [-0.2, -0.15) is 0 Å². The van der Waals surface area contributed by atoms with Crippen LogP contribution in [0.15, 0.2) is 60.4 Å². The predicted octanol–water partition coefficient (Wildman–Crippen LogP) is 3.57. The second kappa shape index (κ2) is 7.24. The second-order valence-electron chi connectivity index (χ2n) is 4.60. The van der Waals surface area contributed by atoms with Crippen molar-refractivity contribution >= 4 is 11.6 Å². The smallest absolute Gasteiger partial charge is 0.250 e. The normalized spacial score (nSPS) is 11.0. The maximum atomic E-state index is 11.8. The Morgan fingerprint density at radius 1 is 1.33 bits per heavy atom. The van der Waals surface area contributed by atoms with Crippen molar-refractivity contribution in [2.75, 3.05) is 5.32 Å². The lowest BCUT2D eigenvalue weighted by atomic mass is 10.2. The third-order valence-corrected chi connectivity index (χ3v) is 3.01. The molecule has 1 amide bonds. The first kappa shape index (κ1) is 14.8. The van der Waals surface area contributed by atoms with Gasteiger partial charge in [-0.1, -0.05) is 18.2 Å². The summed E-state index contributed by atoms with van der Waals surface area (Å²) in [6.45, 7) is 4.06. The molecule has 21 heavy (non-hydrogen) atoms. The van der Waals surface area contributed by atoms with Crippen molar-refractivity contribution in [1.82, 2.24) is 4.98 Å². The summed E-state index contributed by atoms with van der Waals surface area (Å²) in [5, 5.41) is 2.83. The first-order valence-electron chi connectivity index (χ1n) is 6.75. The third kappa shape index (κ3) is 4.45. The van der Waals surface area contributed by atoms with Crippen LogP contribution < -0.4 is 10.1 Å². The van der Waals surface area contributed by atoms with E-state index >= 15 is 0 Å². The molecule has 0 bridgehead atoms. The minimum atomic E-state index is -0.109. The predicted molar refractivity (Wildman–Crippen MR) is 83.1 cm³/mol. The van der Waals surface area contributed by atoms with E-state index in [4.69, 9.17) is 4.74 Å². The van der Waals surface area contributed by atoms with Gasteiger partial charge in [0.2, 0.25) is 0 Å². The molecule has 0 unspecified atom stereocenters. The number of hydrogen-bond acceptors (Lipinski definition) is 3. The standard InChI is InChI=1S/C17H18N2O2/c1-3-13(2)17(20)19-15-7-4-8-16(10-15)21-12-14-6-5-9-18-11-14/h3-11H,12H2,1-2H3,(H,19,20). The molecule has 0 spiro atoms. The Morgan fingerprint density at radius 2 is 2.19 bits per heavy atom. The van der Waals surface area contributed by atoms with Crippen molar-refractivity contribution in [3.63, 3.8) is 0 Å². The van der Waals surface area contributed by atoms with Gasteiger partial charge < -0.3 is 10.1 Å². The number of carbonyl (C=O) groups excluding carboxylic acids is 1. The van der Waals surface area contributed by atoms with Gasteiger partial charge >= 0.3 is 0 Å². The average molecular weight is 282 g/mol. The molecule has 1 heterocycles. The van der Waals surface area contributed by atoms with E-state index in [1.54, 1.807) is 31.5 Å². The van der Waals surface area contributed by atoms with Crippen LogP contribution >= 0.6 is 0 Å². The van der Waals surface area contributed by atoms with Crippen LogP contribution in [-0.2, 0) is 11.4 Å². The highest BCUT2D eigenvalue weighted by atomic mass is 16.5. The number of anilines is 1. The summed E-state index contributed by atoms with van der Waals surface area (Å²) >= 11 is 0. The molecule has 0 radical (unpaired) electrons. The van der Waals surface area contributed by atoms with Crippen LogP contribution in [0.25, 0.3) is 0 Å². The number of nitrogens with zero attached hydrogens (tertiary/aromatic N) is 1. The summed E-state index contributed by atoms with van der Waals surface area (Å²) in [7, 11) is 0. The molecular formula is C17H18N2O2. The van der Waals surface area contributed by atoms with E-state index in [2.05, 4.69) is 10.3 Å². The molecule has 2 rings (SSSR count). The van der Waals surface area contributed by atoms with E-state index in [1.807, 2.05) is 37.3 Å². The van der Waals surface area contributed by atoms with E-state index in [1.165, 1.54) is 0 Å². The van der Waals surface area contributed by atoms with Gasteiger partial charge in [0, 0.05) is 35.3 Å². The second-order valence-corrected chi connectivity index (χ2v) is 4.60. The number of carbonyl (C=O) groups is 1. The largest absolute Gasteiger partial charge is 0.489 e. The molecule has 1 aromatic carbocycles. The lowest BCUT2D eigenvalue weighted by Gasteiger charge is -2.09. The van der Waals surface area contributed by atoms with E-state index < -0.39 is 0 Å². The summed E-state index contributed by atoms with van der Waals surface area (Å²) in [6, 6.07) is 11.2. The Hall–Kier alpha value is -2.62. The van der Waals surface area contributed by atoms with Crippen molar-refractivity contribution in [1.29, 1.82) is 0 Å². The van der Waals surface area contributed by atoms with Crippen LogP contribution in [0.2, 0.25) is 0 Å². The van der Waals surface area contributed by atoms with Gasteiger partial charge in [0.25, 0.3) is 5.91 Å². The van der Waals surface area contributed by atoms with E-state index in [0.717, 1.165) is 5.56 Å². The molecule has 1 aromatic heterocycles. The van der Waals surface area contributed by atoms with Crippen LogP contribution in [-0.4, -0.2) is 10.9 Å². The molecule has 0 aliphatic carbocycles. The van der Waals surface area contributed by atoms with Crippen molar-refractivity contribution in [3.8, 4) is 5.75 Å². The molecule has 0 saturated carbocycles. The first-order valence-corrected chi connectivity index (χ1v) is 6.75. The van der Waals surface area contributed by atoms with Crippen LogP contribution in [0.5, 0.6) is 5.75 Å². The molecule has 4 heteroatoms. The summed E-state index contributed by atoms with van der Waals surface area (Å²) in [5.74, 6) is 0.594. The van der Waals surface area contributed by atoms with Crippen molar-refractivity contribution in [3.05, 3.63) is 66.0 Å². The summed E-state index contributed by atoms with van der Waals surface area (Å²) in [6.07, 6.45) is 5.27. The molecule has 0 fully saturated rings. The monoisotopic (exact) mass is 282 g/mol. The highest BCUT2D eigenvalue weighted by molar-refractivity contribution is 6.03. The number of benzene rings is 1. The molecular weight excluding hydrogens is 264 g/mol. The first-order chi connectivity index (χ1) is 10.2. The zero-order valence-corrected chi connectivity index (χ0v) is 12.2. The zero-order chi connectivity index (χ0) is 15.1. The van der Waals surface area contributed by atoms with Crippen LogP contribution in [0.3, 0.4) is 0 Å². The third-order valence-electron chi connectivity index (χ3n) is 3.01. The summed E-state index contributed by atoms with van der Waals surface area (Å²) < 4.78 is 5.70. The lowest BCUT2D eigenvalue weighted by molar-refractivity contribution is -0.112. The topological polar surface area (TPSA) is 51.2 Å². The number of allylic oxidation sites excluding steroid dienone is 1. The lowest BCUT2D eigenvalue weighted by Crippen LogP contribution is -2.12. The Balaban J connectivity index is 1.99. The fraction of sp³-hybridized carbons (Fsp3) is 0.176. The molecule has 0 aliphatic rings. The minimum Gasteiger partial charge on any atom is -0.489 e. The molecule has 0 atom stereocenters. The fourth-order valence-electron chi connectivity index (χ4n) is 1.67. The number of nitrogens with one attached hydrogen (secondary N) is 1. The highest BCUT2D eigenvalue weighted by Crippen LogP contribution is 2.19. The summed E-state index contributed by atoms with van der Waals surface area (Å²) in [5.41, 5.74) is 2.39. The molecule has 0 aliphatic heterocycles. The Bertz CT molecular complexity index is 636. The van der Waals surface area contributed by atoms with Crippen LogP contribution in [0, 0.1) is 0 Å². The molecule has 4 nitrogen and oxygen atoms in total. The molecule has 0 saturated heterocycles. The van der Waals surface area contributed by atoms with Crippen LogP contribution in [0.1, 0.15) is 19.4 Å². The van der Waals surface area contributed by atoms with Crippen molar-refractivity contribution in [2.24, 2.45) is 0 Å². The zero-order valence-electron chi connectivity index (χ0n) is 12.2. The maximum Gasteiger partial charge on any atom is 0.250 e. The van der Waals surface area contributed by atoms with Gasteiger partial charge in [-0.15, -0.1) is 0 Å². The number of amides is 1. The number of pyridine rings is 1. The van der Waals surface area contributed by atoms with Gasteiger partial charge in [-0.3, -0.25) is 9.78 Å². The Labute approximate surface area is 124 Å². The number of aromatic nitrogens is 1. The SMILES string of the molecule is CC=C(C)C(=O)Nc1cccc(OCc2cccnc2)c1. The maximum absolute atomic E-state index is 11.8. The molecule has 108 valence electrons. The van der Waals surface area contributed by atoms with Gasteiger partial charge in [0.05, 0.1) is 0 Å². The highest BCUT2D eigenvalue weighted by Gasteiger charge is 2.04. The minimum absolute atomic E-state index is 0.109. The summed E-state index contributed by atoms with van der Waals surface area (Å²) in [4.78, 5) is 15.8. The number of ether oxygens (including phenoxy) is 1. The fourth-order valence-corrected chi connectivity index (χ4v) is 1.67. The van der Waals surface area contributed by atoms with Crippen molar-refractivity contribution in [2.45, 2.75) is 20.5 Å². The number of hydrogen-bond donors (Lipinski definition) is 1. The van der Waals surface area contributed by atoms with E-state index in [0.29, 0.717) is 23.6 Å². The number of rotatable bonds is 5. The van der Waals surface area contributed by atoms with Gasteiger partial charge in [-0.05, 0) is 32.0 Å². The quantitative estimate of drug-likeness (QED) is 0.853. The Morgan fingerprint density at radius 3 is 2.90 bits per heavy atom. The molecule has 1 N–H and O–H groups in total.